The van der Waals surface area contributed by atoms with E-state index in [1.165, 1.54) is 17.3 Å². The van der Waals surface area contributed by atoms with Crippen LogP contribution in [0.1, 0.15) is 29.9 Å². The molecule has 0 unspecified atom stereocenters. The summed E-state index contributed by atoms with van der Waals surface area (Å²) < 4.78 is 1.88. The summed E-state index contributed by atoms with van der Waals surface area (Å²) in [7, 11) is 0. The topological polar surface area (TPSA) is 71.8 Å². The van der Waals surface area contributed by atoms with Crippen LogP contribution >= 0.6 is 23.4 Å². The monoisotopic (exact) mass is 413 g/mol. The first kappa shape index (κ1) is 18.8. The number of hydrogen-bond acceptors (Lipinski definition) is 5. The van der Waals surface area contributed by atoms with Crippen LogP contribution in [0.3, 0.4) is 0 Å². The standard InChI is InChI=1S/C20H20ClN5OS/c1-3-16-23-24-20-26(16)25-17(13-10-8-12(2)9-11-13)18(28-20)19(27)22-15-7-5-4-6-14(15)21/h4-11,17-18,25H,3H2,1-2H3,(H,22,27)/t17-,18-/m1/s1. The molecule has 1 amide bonds. The van der Waals surface area contributed by atoms with Crippen LogP contribution in [0.15, 0.2) is 53.7 Å². The molecule has 2 aromatic carbocycles. The number of nitrogens with zero attached hydrogens (tertiary/aromatic N) is 3. The Bertz CT molecular complexity index is 1000. The van der Waals surface area contributed by atoms with Crippen LogP contribution in [0.5, 0.6) is 0 Å². The van der Waals surface area contributed by atoms with Crippen molar-refractivity contribution in [2.45, 2.75) is 36.7 Å². The number of hydrogen-bond donors (Lipinski definition) is 2. The second-order valence-electron chi connectivity index (χ2n) is 6.61. The van der Waals surface area contributed by atoms with E-state index in [2.05, 4.69) is 20.9 Å². The van der Waals surface area contributed by atoms with E-state index in [1.54, 1.807) is 12.1 Å². The SMILES string of the molecule is CCc1nnc2n1N[C@H](c1ccc(C)cc1)[C@H](C(=O)Nc1ccccc1Cl)S2. The van der Waals surface area contributed by atoms with Crippen LogP contribution in [-0.4, -0.2) is 26.0 Å². The van der Waals surface area contributed by atoms with Crippen molar-refractivity contribution in [1.29, 1.82) is 0 Å². The van der Waals surface area contributed by atoms with E-state index in [-0.39, 0.29) is 11.9 Å². The van der Waals surface area contributed by atoms with Crippen molar-refractivity contribution in [1.82, 2.24) is 14.9 Å². The van der Waals surface area contributed by atoms with Gasteiger partial charge < -0.3 is 10.7 Å². The molecule has 2 N–H and O–H groups in total. The van der Waals surface area contributed by atoms with E-state index in [4.69, 9.17) is 11.6 Å². The Morgan fingerprint density at radius 1 is 1.21 bits per heavy atom. The summed E-state index contributed by atoms with van der Waals surface area (Å²) in [5.41, 5.74) is 6.23. The molecule has 144 valence electrons. The Morgan fingerprint density at radius 3 is 2.68 bits per heavy atom. The molecule has 0 bridgehead atoms. The van der Waals surface area contributed by atoms with Gasteiger partial charge >= 0.3 is 0 Å². The zero-order valence-corrected chi connectivity index (χ0v) is 17.1. The van der Waals surface area contributed by atoms with Crippen molar-refractivity contribution >= 4 is 35.0 Å². The minimum absolute atomic E-state index is 0.136. The number of anilines is 1. The van der Waals surface area contributed by atoms with Crippen LogP contribution in [0.4, 0.5) is 5.69 Å². The molecule has 2 atom stereocenters. The molecule has 0 saturated heterocycles. The van der Waals surface area contributed by atoms with Crippen LogP contribution in [0, 0.1) is 6.92 Å². The summed E-state index contributed by atoms with van der Waals surface area (Å²) in [6.07, 6.45) is 0.748. The number of carbonyl (C=O) groups excluding carboxylic acids is 1. The Balaban J connectivity index is 1.68. The first-order valence-electron chi connectivity index (χ1n) is 9.06. The number of para-hydroxylation sites is 1. The van der Waals surface area contributed by atoms with Gasteiger partial charge in [0.25, 0.3) is 0 Å². The maximum atomic E-state index is 13.2. The number of rotatable bonds is 4. The molecule has 6 nitrogen and oxygen atoms in total. The fourth-order valence-corrected chi connectivity index (χ4v) is 4.40. The lowest BCUT2D eigenvalue weighted by atomic mass is 10.0. The minimum Gasteiger partial charge on any atom is -0.324 e. The van der Waals surface area contributed by atoms with Crippen molar-refractivity contribution in [3.05, 3.63) is 70.5 Å². The van der Waals surface area contributed by atoms with Crippen LogP contribution in [-0.2, 0) is 11.2 Å². The third-order valence-electron chi connectivity index (χ3n) is 4.65. The van der Waals surface area contributed by atoms with Gasteiger partial charge in [0.05, 0.1) is 16.8 Å². The maximum absolute atomic E-state index is 13.2. The second kappa shape index (κ2) is 7.85. The van der Waals surface area contributed by atoms with Crippen LogP contribution in [0.25, 0.3) is 0 Å². The number of aromatic nitrogens is 3. The van der Waals surface area contributed by atoms with Crippen molar-refractivity contribution in [3.63, 3.8) is 0 Å². The molecule has 0 spiro atoms. The second-order valence-corrected chi connectivity index (χ2v) is 8.13. The fourth-order valence-electron chi connectivity index (χ4n) is 3.12. The van der Waals surface area contributed by atoms with Gasteiger partial charge in [0.1, 0.15) is 5.25 Å². The maximum Gasteiger partial charge on any atom is 0.240 e. The largest absolute Gasteiger partial charge is 0.324 e. The van der Waals surface area contributed by atoms with Gasteiger partial charge in [0.15, 0.2) is 5.82 Å². The molecule has 0 fully saturated rings. The van der Waals surface area contributed by atoms with Crippen molar-refractivity contribution in [2.24, 2.45) is 0 Å². The number of amides is 1. The van der Waals surface area contributed by atoms with E-state index in [0.717, 1.165) is 17.8 Å². The molecular formula is C20H20ClN5OS. The average Bonchev–Trinajstić information content (AvgIpc) is 3.11. The molecule has 3 aromatic rings. The molecule has 0 radical (unpaired) electrons. The predicted octanol–water partition coefficient (Wildman–Crippen LogP) is 4.20. The number of fused-ring (bicyclic) bond motifs is 1. The summed E-state index contributed by atoms with van der Waals surface area (Å²) >= 11 is 7.62. The minimum atomic E-state index is -0.430. The fraction of sp³-hybridized carbons (Fsp3) is 0.250. The highest BCUT2D eigenvalue weighted by atomic mass is 35.5. The Kier molecular flexibility index (Phi) is 5.28. The number of halogens is 1. The third-order valence-corrected chi connectivity index (χ3v) is 6.19. The lowest BCUT2D eigenvalue weighted by molar-refractivity contribution is -0.116. The Hall–Kier alpha value is -2.51. The van der Waals surface area contributed by atoms with E-state index in [9.17, 15) is 4.79 Å². The van der Waals surface area contributed by atoms with Gasteiger partial charge in [-0.1, -0.05) is 72.2 Å². The van der Waals surface area contributed by atoms with Gasteiger partial charge in [-0.25, -0.2) is 4.68 Å². The third kappa shape index (κ3) is 3.59. The van der Waals surface area contributed by atoms with Gasteiger partial charge in [0.2, 0.25) is 11.1 Å². The van der Waals surface area contributed by atoms with Gasteiger partial charge in [0, 0.05) is 6.42 Å². The van der Waals surface area contributed by atoms with Gasteiger partial charge in [-0.2, -0.15) is 0 Å². The molecule has 28 heavy (non-hydrogen) atoms. The number of aryl methyl sites for hydroxylation is 2. The number of thioether (sulfide) groups is 1. The number of carbonyl (C=O) groups is 1. The van der Waals surface area contributed by atoms with Crippen LogP contribution < -0.4 is 10.7 Å². The average molecular weight is 414 g/mol. The first-order chi connectivity index (χ1) is 13.6. The molecule has 1 aromatic heterocycles. The summed E-state index contributed by atoms with van der Waals surface area (Å²) in [5, 5.41) is 12.2. The molecule has 0 saturated carbocycles. The highest BCUT2D eigenvalue weighted by Gasteiger charge is 2.37. The Labute approximate surface area is 172 Å². The van der Waals surface area contributed by atoms with Crippen molar-refractivity contribution < 1.29 is 4.79 Å². The predicted molar refractivity (Wildman–Crippen MR) is 112 cm³/mol. The smallest absolute Gasteiger partial charge is 0.240 e. The van der Waals surface area contributed by atoms with Crippen LogP contribution in [0.2, 0.25) is 5.02 Å². The highest BCUT2D eigenvalue weighted by molar-refractivity contribution is 8.00. The van der Waals surface area contributed by atoms with Gasteiger partial charge in [-0.05, 0) is 24.6 Å². The molecule has 1 aliphatic heterocycles. The number of benzene rings is 2. The van der Waals surface area contributed by atoms with Crippen molar-refractivity contribution in [2.75, 3.05) is 10.7 Å². The van der Waals surface area contributed by atoms with E-state index >= 15 is 0 Å². The first-order valence-corrected chi connectivity index (χ1v) is 10.3. The molecule has 4 rings (SSSR count). The highest BCUT2D eigenvalue weighted by Crippen LogP contribution is 2.38. The van der Waals surface area contributed by atoms with Gasteiger partial charge in [-0.15, -0.1) is 10.2 Å². The molecule has 1 aliphatic rings. The zero-order chi connectivity index (χ0) is 19.7. The summed E-state index contributed by atoms with van der Waals surface area (Å²) in [6, 6.07) is 15.2. The lowest BCUT2D eigenvalue weighted by Crippen LogP contribution is -2.41. The summed E-state index contributed by atoms with van der Waals surface area (Å²) in [6.45, 7) is 4.07. The quantitative estimate of drug-likeness (QED) is 0.670. The van der Waals surface area contributed by atoms with E-state index in [1.807, 2.05) is 54.9 Å². The molecule has 2 heterocycles. The normalized spacial score (nSPS) is 18.2. The van der Waals surface area contributed by atoms with Gasteiger partial charge in [-0.3, -0.25) is 4.79 Å². The molecule has 8 heteroatoms. The summed E-state index contributed by atoms with van der Waals surface area (Å²) in [4.78, 5) is 13.2. The molecular weight excluding hydrogens is 394 g/mol. The summed E-state index contributed by atoms with van der Waals surface area (Å²) in [5.74, 6) is 0.702. The number of nitrogens with one attached hydrogen (secondary N) is 2. The van der Waals surface area contributed by atoms with E-state index < -0.39 is 5.25 Å². The Morgan fingerprint density at radius 2 is 1.96 bits per heavy atom. The molecule has 0 aliphatic carbocycles. The zero-order valence-electron chi connectivity index (χ0n) is 15.5. The van der Waals surface area contributed by atoms with Crippen molar-refractivity contribution in [3.8, 4) is 0 Å². The van der Waals surface area contributed by atoms with E-state index in [0.29, 0.717) is 15.9 Å². The lowest BCUT2D eigenvalue weighted by Gasteiger charge is -2.33.